The number of halogens is 5. The van der Waals surface area contributed by atoms with Crippen LogP contribution in [0.25, 0.3) is 11.3 Å². The van der Waals surface area contributed by atoms with Crippen molar-refractivity contribution in [2.24, 2.45) is 0 Å². The van der Waals surface area contributed by atoms with Crippen LogP contribution in [0.5, 0.6) is 0 Å². The van der Waals surface area contributed by atoms with Gasteiger partial charge in [-0.15, -0.1) is 0 Å². The Morgan fingerprint density at radius 3 is 2.29 bits per heavy atom. The fourth-order valence-electron chi connectivity index (χ4n) is 5.22. The smallest absolute Gasteiger partial charge is 0.385 e. The summed E-state index contributed by atoms with van der Waals surface area (Å²) in [6, 6.07) is 13.4. The SMILES string of the molecule is Cc1ccc(NCCCNc2nc(-c3cc(C(=O)N(OC(=O)C(F)(F)F)C(C)C)ccc3C)c3c(n2)N(c2c(F)cccc2F)C(=O)NC3)cc1. The Hall–Kier alpha value is -5.80. The van der Waals surface area contributed by atoms with Crippen LogP contribution in [0.4, 0.5) is 49.9 Å². The number of benzene rings is 3. The minimum Gasteiger partial charge on any atom is -0.385 e. The maximum atomic E-state index is 15.1. The van der Waals surface area contributed by atoms with Crippen LogP contribution in [-0.4, -0.2) is 58.2 Å². The Morgan fingerprint density at radius 2 is 1.65 bits per heavy atom. The molecule has 2 heterocycles. The molecule has 0 atom stereocenters. The number of aromatic nitrogens is 2. The largest absolute Gasteiger partial charge is 0.493 e. The van der Waals surface area contributed by atoms with E-state index in [0.717, 1.165) is 34.3 Å². The molecular formula is C35H34F5N7O4. The van der Waals surface area contributed by atoms with Crippen molar-refractivity contribution in [1.82, 2.24) is 20.3 Å². The van der Waals surface area contributed by atoms with Crippen LogP contribution in [0, 0.1) is 25.5 Å². The number of fused-ring (bicyclic) bond motifs is 1. The normalized spacial score (nSPS) is 12.7. The van der Waals surface area contributed by atoms with Crippen LogP contribution in [0.2, 0.25) is 0 Å². The van der Waals surface area contributed by atoms with Gasteiger partial charge >= 0.3 is 18.2 Å². The third-order valence-electron chi connectivity index (χ3n) is 7.82. The molecule has 1 aromatic heterocycles. The molecule has 51 heavy (non-hydrogen) atoms. The number of nitrogens with one attached hydrogen (secondary N) is 3. The Bertz CT molecular complexity index is 1930. The predicted molar refractivity (Wildman–Crippen MR) is 179 cm³/mol. The molecule has 3 N–H and O–H groups in total. The van der Waals surface area contributed by atoms with E-state index < -0.39 is 47.4 Å². The number of carbonyl (C=O) groups is 3. The zero-order valence-corrected chi connectivity index (χ0v) is 28.0. The molecular weight excluding hydrogens is 677 g/mol. The summed E-state index contributed by atoms with van der Waals surface area (Å²) in [6.45, 7) is 7.13. The van der Waals surface area contributed by atoms with Crippen molar-refractivity contribution < 1.29 is 41.2 Å². The number of hydroxylamine groups is 2. The molecule has 0 unspecified atom stereocenters. The molecule has 3 amide bonds. The molecule has 268 valence electrons. The van der Waals surface area contributed by atoms with E-state index in [4.69, 9.17) is 0 Å². The fraction of sp³-hybridized carbons (Fsp3) is 0.286. The van der Waals surface area contributed by atoms with Crippen LogP contribution in [0.1, 0.15) is 47.3 Å². The van der Waals surface area contributed by atoms with Crippen molar-refractivity contribution >= 4 is 41.0 Å². The quantitative estimate of drug-likeness (QED) is 0.0897. The Kier molecular flexibility index (Phi) is 10.7. The second-order valence-corrected chi connectivity index (χ2v) is 12.0. The highest BCUT2D eigenvalue weighted by molar-refractivity contribution is 6.02. The molecule has 1 aliphatic heterocycles. The molecule has 0 spiro atoms. The van der Waals surface area contributed by atoms with Crippen LogP contribution in [-0.2, 0) is 16.2 Å². The first-order chi connectivity index (χ1) is 24.1. The molecule has 0 fully saturated rings. The van der Waals surface area contributed by atoms with Crippen LogP contribution < -0.4 is 20.9 Å². The van der Waals surface area contributed by atoms with Gasteiger partial charge in [0.15, 0.2) is 5.82 Å². The Morgan fingerprint density at radius 1 is 0.980 bits per heavy atom. The molecule has 5 rings (SSSR count). The molecule has 0 radical (unpaired) electrons. The van der Waals surface area contributed by atoms with E-state index in [0.29, 0.717) is 35.7 Å². The molecule has 0 saturated heterocycles. The van der Waals surface area contributed by atoms with Gasteiger partial charge in [-0.05, 0) is 76.1 Å². The predicted octanol–water partition coefficient (Wildman–Crippen LogP) is 7.19. The topological polar surface area (TPSA) is 129 Å². The molecule has 0 aliphatic carbocycles. The van der Waals surface area contributed by atoms with Crippen molar-refractivity contribution in [3.8, 4) is 11.3 Å². The highest BCUT2D eigenvalue weighted by atomic mass is 19.4. The Labute approximate surface area is 289 Å². The number of nitrogens with zero attached hydrogens (tertiary/aromatic N) is 4. The van der Waals surface area contributed by atoms with Crippen molar-refractivity contribution in [1.29, 1.82) is 0 Å². The highest BCUT2D eigenvalue weighted by Gasteiger charge is 2.44. The summed E-state index contributed by atoms with van der Waals surface area (Å²) in [5, 5.41) is 9.29. The van der Waals surface area contributed by atoms with Crippen molar-refractivity contribution in [2.75, 3.05) is 28.6 Å². The minimum absolute atomic E-state index is 0.00502. The minimum atomic E-state index is -5.35. The standard InChI is InChI=1S/C35H34F5N7O4/c1-19(2)47(51-32(49)35(38,39)40)31(48)22-12-11-21(4)24(17-22)28-25-18-43-34(50)46(29-26(36)7-5-8-27(29)37)30(25)45-33(44-28)42-16-6-15-41-23-13-9-20(3)10-14-23/h5,7-14,17,19,41H,6,15-16,18H2,1-4H3,(H,43,50)(H,42,44,45). The summed E-state index contributed by atoms with van der Waals surface area (Å²) in [6.07, 6.45) is -4.76. The van der Waals surface area contributed by atoms with Gasteiger partial charge in [0.05, 0.1) is 18.3 Å². The molecule has 16 heteroatoms. The second-order valence-electron chi connectivity index (χ2n) is 12.0. The van der Waals surface area contributed by atoms with Gasteiger partial charge in [-0.2, -0.15) is 23.2 Å². The lowest BCUT2D eigenvalue weighted by atomic mass is 9.97. The zero-order valence-electron chi connectivity index (χ0n) is 28.0. The number of urea groups is 1. The van der Waals surface area contributed by atoms with Crippen molar-refractivity contribution in [3.05, 3.63) is 94.6 Å². The average Bonchev–Trinajstić information content (AvgIpc) is 3.07. The number of hydrogen-bond acceptors (Lipinski definition) is 8. The van der Waals surface area contributed by atoms with E-state index in [1.165, 1.54) is 32.0 Å². The van der Waals surface area contributed by atoms with Crippen LogP contribution in [0.15, 0.2) is 60.7 Å². The van der Waals surface area contributed by atoms with Gasteiger partial charge in [-0.25, -0.2) is 28.3 Å². The monoisotopic (exact) mass is 711 g/mol. The number of rotatable bonds is 10. The van der Waals surface area contributed by atoms with E-state index in [-0.39, 0.29) is 35.1 Å². The van der Waals surface area contributed by atoms with Gasteiger partial charge in [-0.1, -0.05) is 29.8 Å². The second kappa shape index (κ2) is 15.0. The summed E-state index contributed by atoms with van der Waals surface area (Å²) in [4.78, 5) is 52.7. The number of aryl methyl sites for hydroxylation is 2. The number of hydrogen-bond donors (Lipinski definition) is 3. The van der Waals surface area contributed by atoms with Crippen molar-refractivity contribution in [2.45, 2.75) is 52.9 Å². The first-order valence-corrected chi connectivity index (χ1v) is 15.9. The molecule has 11 nitrogen and oxygen atoms in total. The number of carbonyl (C=O) groups excluding carboxylic acids is 3. The van der Waals surface area contributed by atoms with Crippen LogP contribution in [0.3, 0.4) is 0 Å². The molecule has 4 aromatic rings. The number of para-hydroxylation sites is 1. The van der Waals surface area contributed by atoms with Gasteiger partial charge in [0.1, 0.15) is 17.3 Å². The fourth-order valence-corrected chi connectivity index (χ4v) is 5.22. The van der Waals surface area contributed by atoms with Gasteiger partial charge in [-0.3, -0.25) is 4.79 Å². The van der Waals surface area contributed by atoms with Gasteiger partial charge in [0.2, 0.25) is 5.95 Å². The summed E-state index contributed by atoms with van der Waals surface area (Å²) < 4.78 is 69.3. The van der Waals surface area contributed by atoms with Crippen LogP contribution >= 0.6 is 0 Å². The van der Waals surface area contributed by atoms with E-state index in [1.807, 2.05) is 31.2 Å². The van der Waals surface area contributed by atoms with E-state index >= 15 is 8.78 Å². The van der Waals surface area contributed by atoms with Crippen molar-refractivity contribution in [3.63, 3.8) is 0 Å². The molecule has 0 bridgehead atoms. The van der Waals surface area contributed by atoms with Gasteiger partial charge in [0.25, 0.3) is 5.91 Å². The molecule has 1 aliphatic rings. The summed E-state index contributed by atoms with van der Waals surface area (Å²) in [7, 11) is 0. The lowest BCUT2D eigenvalue weighted by Crippen LogP contribution is -2.43. The van der Waals surface area contributed by atoms with Gasteiger partial charge < -0.3 is 20.8 Å². The lowest BCUT2D eigenvalue weighted by molar-refractivity contribution is -0.232. The first kappa shape index (κ1) is 36.5. The third-order valence-corrected chi connectivity index (χ3v) is 7.82. The maximum absolute atomic E-state index is 15.1. The maximum Gasteiger partial charge on any atom is 0.493 e. The molecule has 3 aromatic carbocycles. The van der Waals surface area contributed by atoms with E-state index in [9.17, 15) is 27.6 Å². The number of anilines is 4. The number of amides is 3. The average molecular weight is 712 g/mol. The zero-order chi connectivity index (χ0) is 37.0. The summed E-state index contributed by atoms with van der Waals surface area (Å²) in [5.41, 5.74) is 2.46. The van der Waals surface area contributed by atoms with E-state index in [2.05, 4.69) is 30.8 Å². The lowest BCUT2D eigenvalue weighted by Gasteiger charge is -2.31. The summed E-state index contributed by atoms with van der Waals surface area (Å²) >= 11 is 0. The summed E-state index contributed by atoms with van der Waals surface area (Å²) in [5.74, 6) is -5.81. The Balaban J connectivity index is 1.55. The molecule has 0 saturated carbocycles. The number of alkyl halides is 3. The third kappa shape index (κ3) is 8.16. The van der Waals surface area contributed by atoms with E-state index in [1.54, 1.807) is 6.92 Å². The highest BCUT2D eigenvalue weighted by Crippen LogP contribution is 2.39. The first-order valence-electron chi connectivity index (χ1n) is 15.9. The van der Waals surface area contributed by atoms with Gasteiger partial charge in [0, 0.05) is 35.5 Å².